The lowest BCUT2D eigenvalue weighted by Gasteiger charge is -2.53. The first-order chi connectivity index (χ1) is 16.2. The van der Waals surface area contributed by atoms with Gasteiger partial charge in [-0.15, -0.1) is 0 Å². The minimum Gasteiger partial charge on any atom is -0.497 e. The minimum absolute atomic E-state index is 0.00423. The van der Waals surface area contributed by atoms with Gasteiger partial charge in [-0.1, -0.05) is 0 Å². The van der Waals surface area contributed by atoms with E-state index in [1.54, 1.807) is 17.0 Å². The molecule has 3 aliphatic heterocycles. The summed E-state index contributed by atoms with van der Waals surface area (Å²) >= 11 is 0. The fourth-order valence-corrected chi connectivity index (χ4v) is 4.97. The van der Waals surface area contributed by atoms with Crippen molar-refractivity contribution in [2.45, 2.75) is 18.6 Å². The Morgan fingerprint density at radius 2 is 1.85 bits per heavy atom. The Morgan fingerprint density at radius 3 is 2.53 bits per heavy atom. The molecule has 2 atom stereocenters. The van der Waals surface area contributed by atoms with E-state index in [0.29, 0.717) is 11.4 Å². The lowest BCUT2D eigenvalue weighted by Crippen LogP contribution is -2.74. The van der Waals surface area contributed by atoms with Crippen LogP contribution in [0.15, 0.2) is 42.5 Å². The molecule has 0 aliphatic carbocycles. The van der Waals surface area contributed by atoms with E-state index in [0.717, 1.165) is 17.0 Å². The molecule has 2 aromatic rings. The van der Waals surface area contributed by atoms with Gasteiger partial charge in [0.2, 0.25) is 5.91 Å². The van der Waals surface area contributed by atoms with E-state index in [2.05, 4.69) is 5.32 Å². The number of hydrogen-bond acceptors (Lipinski definition) is 6. The normalized spacial score (nSPS) is 24.6. The van der Waals surface area contributed by atoms with Crippen molar-refractivity contribution in [2.75, 3.05) is 36.7 Å². The number of halogens is 3. The summed E-state index contributed by atoms with van der Waals surface area (Å²) in [5.41, 5.74) is -1.81. The Morgan fingerprint density at radius 1 is 1.12 bits per heavy atom. The number of ether oxygens (including phenoxy) is 2. The van der Waals surface area contributed by atoms with E-state index < -0.39 is 41.0 Å². The van der Waals surface area contributed by atoms with Crippen LogP contribution in [0.3, 0.4) is 0 Å². The molecular weight excluding hydrogens is 455 g/mol. The molecule has 2 aromatic carbocycles. The number of carbonyl (C=O) groups excluding carboxylic acids is 3. The van der Waals surface area contributed by atoms with Gasteiger partial charge in [0.1, 0.15) is 5.75 Å². The van der Waals surface area contributed by atoms with Gasteiger partial charge >= 0.3 is 12.2 Å². The number of fused-ring (bicyclic) bond motifs is 4. The Hall–Kier alpha value is -3.60. The van der Waals surface area contributed by atoms with E-state index in [1.165, 1.54) is 25.3 Å². The van der Waals surface area contributed by atoms with E-state index in [9.17, 15) is 27.6 Å². The maximum absolute atomic E-state index is 13.9. The number of methoxy groups -OCH3 is 1. The van der Waals surface area contributed by atoms with E-state index in [4.69, 9.17) is 9.47 Å². The predicted octanol–water partition coefficient (Wildman–Crippen LogP) is 2.74. The lowest BCUT2D eigenvalue weighted by molar-refractivity contribution is -0.146. The zero-order valence-corrected chi connectivity index (χ0v) is 18.0. The van der Waals surface area contributed by atoms with Crippen molar-refractivity contribution >= 4 is 29.2 Å². The maximum atomic E-state index is 13.9. The van der Waals surface area contributed by atoms with Crippen molar-refractivity contribution in [3.05, 3.63) is 53.6 Å². The number of urea groups is 1. The number of hydrogen-bond donors (Lipinski definition) is 1. The largest absolute Gasteiger partial charge is 0.497 e. The van der Waals surface area contributed by atoms with Crippen LogP contribution in [0.25, 0.3) is 0 Å². The molecule has 2 unspecified atom stereocenters. The summed E-state index contributed by atoms with van der Waals surface area (Å²) in [6.07, 6.45) is -4.89. The number of barbiturate groups is 1. The highest BCUT2D eigenvalue weighted by Gasteiger charge is 2.63. The Bertz CT molecular complexity index is 1180. The van der Waals surface area contributed by atoms with Crippen molar-refractivity contribution in [1.82, 2.24) is 5.32 Å². The molecule has 34 heavy (non-hydrogen) atoms. The first-order valence-corrected chi connectivity index (χ1v) is 10.6. The van der Waals surface area contributed by atoms with Gasteiger partial charge in [-0.05, 0) is 54.4 Å². The number of amides is 4. The van der Waals surface area contributed by atoms with Crippen molar-refractivity contribution in [3.8, 4) is 5.75 Å². The number of carbonyl (C=O) groups is 3. The monoisotopic (exact) mass is 475 g/mol. The van der Waals surface area contributed by atoms with Gasteiger partial charge in [-0.25, -0.2) is 9.69 Å². The first-order valence-electron chi connectivity index (χ1n) is 10.6. The van der Waals surface area contributed by atoms with Crippen molar-refractivity contribution in [2.24, 2.45) is 5.41 Å². The number of alkyl halides is 3. The van der Waals surface area contributed by atoms with Gasteiger partial charge in [0, 0.05) is 12.2 Å². The smallest absolute Gasteiger partial charge is 0.416 e. The zero-order chi connectivity index (χ0) is 24.3. The molecule has 0 saturated carbocycles. The van der Waals surface area contributed by atoms with Crippen molar-refractivity contribution < 1.29 is 37.0 Å². The average molecular weight is 475 g/mol. The summed E-state index contributed by atoms with van der Waals surface area (Å²) < 4.78 is 51.0. The van der Waals surface area contributed by atoms with Crippen LogP contribution in [-0.2, 0) is 26.9 Å². The van der Waals surface area contributed by atoms with E-state index in [-0.39, 0.29) is 37.4 Å². The van der Waals surface area contributed by atoms with Crippen molar-refractivity contribution in [3.63, 3.8) is 0 Å². The van der Waals surface area contributed by atoms with E-state index >= 15 is 0 Å². The fraction of sp³-hybridized carbons (Fsp3) is 0.348. The molecular formula is C23H20F3N3O5. The van der Waals surface area contributed by atoms with Crippen molar-refractivity contribution in [1.29, 1.82) is 0 Å². The molecule has 178 valence electrons. The van der Waals surface area contributed by atoms with Crippen LogP contribution in [0.2, 0.25) is 0 Å². The van der Waals surface area contributed by atoms with Crippen LogP contribution < -0.4 is 19.9 Å². The number of morpholine rings is 1. The van der Waals surface area contributed by atoms with Crippen LogP contribution >= 0.6 is 0 Å². The molecule has 3 aliphatic rings. The predicted molar refractivity (Wildman–Crippen MR) is 114 cm³/mol. The molecule has 2 fully saturated rings. The Kier molecular flexibility index (Phi) is 5.05. The molecule has 1 N–H and O–H groups in total. The molecule has 5 rings (SSSR count). The highest BCUT2D eigenvalue weighted by molar-refractivity contribution is 6.30. The summed E-state index contributed by atoms with van der Waals surface area (Å²) in [5.74, 6) is -1.16. The molecule has 3 heterocycles. The van der Waals surface area contributed by atoms with Crippen LogP contribution in [0.1, 0.15) is 11.1 Å². The highest BCUT2D eigenvalue weighted by atomic mass is 19.4. The van der Waals surface area contributed by atoms with Gasteiger partial charge in [0.15, 0.2) is 5.41 Å². The summed E-state index contributed by atoms with van der Waals surface area (Å²) in [6, 6.07) is 7.69. The minimum atomic E-state index is -4.59. The number of nitrogens with one attached hydrogen (secondary N) is 1. The molecule has 0 aromatic heterocycles. The second-order valence-electron chi connectivity index (χ2n) is 8.37. The third-order valence-corrected chi connectivity index (χ3v) is 6.63. The van der Waals surface area contributed by atoms with Gasteiger partial charge in [-0.2, -0.15) is 13.2 Å². The van der Waals surface area contributed by atoms with Crippen LogP contribution in [0.5, 0.6) is 5.75 Å². The first kappa shape index (κ1) is 22.2. The van der Waals surface area contributed by atoms with Crippen LogP contribution in [0, 0.1) is 5.41 Å². The topological polar surface area (TPSA) is 88.2 Å². The summed E-state index contributed by atoms with van der Waals surface area (Å²) in [4.78, 5) is 42.6. The Balaban J connectivity index is 1.64. The maximum Gasteiger partial charge on any atom is 0.416 e. The summed E-state index contributed by atoms with van der Waals surface area (Å²) in [5, 5.41) is 2.25. The number of nitrogens with zero attached hydrogens (tertiary/aromatic N) is 2. The molecule has 0 radical (unpaired) electrons. The number of anilines is 2. The lowest BCUT2D eigenvalue weighted by atomic mass is 9.68. The Labute approximate surface area is 192 Å². The van der Waals surface area contributed by atoms with Crippen LogP contribution in [-0.4, -0.2) is 50.8 Å². The van der Waals surface area contributed by atoms with Gasteiger partial charge in [0.25, 0.3) is 5.91 Å². The third-order valence-electron chi connectivity index (χ3n) is 6.63. The molecule has 4 amide bonds. The SMILES string of the molecule is COc1ccc(N2C(=O)NC(=O)C3(Cc4cc(C(F)(F)F)ccc4N4CCOCC43)C2=O)cc1. The standard InChI is InChI=1S/C23H20F3N3O5/c1-33-16-5-3-15(4-6-16)29-20(31)22(19(30)27-21(29)32)11-13-10-14(23(24,25)26)2-7-17(13)28-8-9-34-12-18(22)28/h2-7,10,18H,8-9,11-12H2,1H3,(H,27,30,32). The molecule has 1 spiro atoms. The second kappa shape index (κ2) is 7.73. The number of rotatable bonds is 2. The zero-order valence-electron chi connectivity index (χ0n) is 18.0. The summed E-state index contributed by atoms with van der Waals surface area (Å²) in [7, 11) is 1.47. The van der Waals surface area contributed by atoms with Crippen LogP contribution in [0.4, 0.5) is 29.3 Å². The fourth-order valence-electron chi connectivity index (χ4n) is 4.97. The number of benzene rings is 2. The molecule has 2 saturated heterocycles. The van der Waals surface area contributed by atoms with Gasteiger partial charge in [0.05, 0.1) is 37.6 Å². The number of imide groups is 2. The molecule has 11 heteroatoms. The molecule has 0 bridgehead atoms. The van der Waals surface area contributed by atoms with Gasteiger partial charge < -0.3 is 14.4 Å². The summed E-state index contributed by atoms with van der Waals surface area (Å²) in [6.45, 7) is 0.566. The molecule has 8 nitrogen and oxygen atoms in total. The van der Waals surface area contributed by atoms with E-state index in [1.807, 2.05) is 0 Å². The average Bonchev–Trinajstić information content (AvgIpc) is 2.82. The third kappa shape index (κ3) is 3.22. The quantitative estimate of drug-likeness (QED) is 0.673. The second-order valence-corrected chi connectivity index (χ2v) is 8.37. The van der Waals surface area contributed by atoms with Gasteiger partial charge in [-0.3, -0.25) is 14.9 Å². The highest BCUT2D eigenvalue weighted by Crippen LogP contribution is 2.47.